The Labute approximate surface area is 137 Å². The summed E-state index contributed by atoms with van der Waals surface area (Å²) in [5, 5.41) is 27.7. The van der Waals surface area contributed by atoms with E-state index in [-0.39, 0.29) is 22.9 Å². The Morgan fingerprint density at radius 1 is 1.21 bits per heavy atom. The van der Waals surface area contributed by atoms with Crippen molar-refractivity contribution in [3.8, 4) is 17.4 Å². The van der Waals surface area contributed by atoms with Crippen molar-refractivity contribution in [3.63, 3.8) is 0 Å². The van der Waals surface area contributed by atoms with Crippen LogP contribution in [-0.2, 0) is 0 Å². The highest BCUT2D eigenvalue weighted by Gasteiger charge is 2.14. The first kappa shape index (κ1) is 15.5. The standard InChI is InChI=1S/C17H15N3O4/c1-2-24-10-7-8-13-12(9-10)15(17(23)18-13)19-20-16(22)11-5-3-4-6-14(11)21/h3-9,18,21,23H,2H2,1H3. The molecule has 0 radical (unpaired) electrons. The molecule has 7 nitrogen and oxygen atoms in total. The molecule has 0 aliphatic rings. The molecular weight excluding hydrogens is 310 g/mol. The first-order valence-electron chi connectivity index (χ1n) is 7.31. The molecule has 0 aliphatic heterocycles. The number of H-pyrrole nitrogens is 1. The lowest BCUT2D eigenvalue weighted by Gasteiger charge is -2.02. The maximum Gasteiger partial charge on any atom is 0.299 e. The van der Waals surface area contributed by atoms with E-state index in [0.29, 0.717) is 23.3 Å². The Bertz CT molecular complexity index is 931. The lowest BCUT2D eigenvalue weighted by atomic mass is 10.2. The number of carbonyl (C=O) groups excluding carboxylic acids is 1. The molecule has 0 bridgehead atoms. The lowest BCUT2D eigenvalue weighted by molar-refractivity contribution is 0.0992. The van der Waals surface area contributed by atoms with Gasteiger partial charge in [-0.25, -0.2) is 0 Å². The Morgan fingerprint density at radius 2 is 2.00 bits per heavy atom. The monoisotopic (exact) mass is 325 g/mol. The quantitative estimate of drug-likeness (QED) is 0.632. The van der Waals surface area contributed by atoms with Gasteiger partial charge in [-0.1, -0.05) is 12.1 Å². The Kier molecular flexibility index (Phi) is 4.15. The number of ether oxygens (including phenoxy) is 1. The molecule has 3 rings (SSSR count). The maximum absolute atomic E-state index is 12.0. The van der Waals surface area contributed by atoms with Crippen LogP contribution in [0.5, 0.6) is 17.4 Å². The number of aromatic hydroxyl groups is 2. The third-order valence-corrected chi connectivity index (χ3v) is 3.41. The summed E-state index contributed by atoms with van der Waals surface area (Å²) in [6.07, 6.45) is 0. The van der Waals surface area contributed by atoms with Gasteiger partial charge in [0.25, 0.3) is 5.91 Å². The molecule has 2 aromatic carbocycles. The van der Waals surface area contributed by atoms with Gasteiger partial charge in [0.2, 0.25) is 5.88 Å². The van der Waals surface area contributed by atoms with Gasteiger partial charge >= 0.3 is 0 Å². The largest absolute Gasteiger partial charge is 0.507 e. The summed E-state index contributed by atoms with van der Waals surface area (Å²) in [4.78, 5) is 14.8. The molecule has 0 fully saturated rings. The van der Waals surface area contributed by atoms with Crippen LogP contribution in [0.4, 0.5) is 5.69 Å². The van der Waals surface area contributed by atoms with Crippen molar-refractivity contribution in [2.75, 3.05) is 6.61 Å². The fourth-order valence-electron chi connectivity index (χ4n) is 2.30. The predicted molar refractivity (Wildman–Crippen MR) is 88.1 cm³/mol. The zero-order chi connectivity index (χ0) is 17.1. The Hall–Kier alpha value is -3.35. The molecule has 0 spiro atoms. The third kappa shape index (κ3) is 2.91. The molecule has 0 atom stereocenters. The number of nitrogens with one attached hydrogen (secondary N) is 1. The van der Waals surface area contributed by atoms with Gasteiger partial charge in [0.1, 0.15) is 11.5 Å². The Morgan fingerprint density at radius 3 is 2.75 bits per heavy atom. The number of para-hydroxylation sites is 1. The minimum Gasteiger partial charge on any atom is -0.507 e. The number of carbonyl (C=O) groups is 1. The van der Waals surface area contributed by atoms with Crippen molar-refractivity contribution in [3.05, 3.63) is 48.0 Å². The van der Waals surface area contributed by atoms with Crippen molar-refractivity contribution in [2.24, 2.45) is 10.2 Å². The minimum absolute atomic E-state index is 0.0376. The van der Waals surface area contributed by atoms with E-state index in [1.807, 2.05) is 6.92 Å². The van der Waals surface area contributed by atoms with Crippen molar-refractivity contribution in [2.45, 2.75) is 6.92 Å². The van der Waals surface area contributed by atoms with E-state index in [9.17, 15) is 15.0 Å². The fourth-order valence-corrected chi connectivity index (χ4v) is 2.30. The van der Waals surface area contributed by atoms with Crippen LogP contribution in [0.1, 0.15) is 17.3 Å². The lowest BCUT2D eigenvalue weighted by Crippen LogP contribution is -1.93. The second-order valence-corrected chi connectivity index (χ2v) is 4.98. The van der Waals surface area contributed by atoms with E-state index in [1.54, 1.807) is 30.3 Å². The molecule has 1 amide bonds. The average Bonchev–Trinajstić information content (AvgIpc) is 2.88. The number of phenolic OH excluding ortho intramolecular Hbond substituents is 1. The van der Waals surface area contributed by atoms with E-state index >= 15 is 0 Å². The SMILES string of the molecule is CCOc1ccc2[nH]c(O)c(N=NC(=O)c3ccccc3O)c2c1. The number of aromatic nitrogens is 1. The van der Waals surface area contributed by atoms with Crippen LogP contribution in [0.2, 0.25) is 0 Å². The maximum atomic E-state index is 12.0. The van der Waals surface area contributed by atoms with Gasteiger partial charge in [-0.15, -0.1) is 10.2 Å². The van der Waals surface area contributed by atoms with Crippen LogP contribution in [0.15, 0.2) is 52.7 Å². The van der Waals surface area contributed by atoms with Crippen LogP contribution in [0.3, 0.4) is 0 Å². The molecule has 0 aliphatic carbocycles. The number of nitrogens with zero attached hydrogens (tertiary/aromatic N) is 2. The molecule has 24 heavy (non-hydrogen) atoms. The van der Waals surface area contributed by atoms with Gasteiger partial charge in [0.05, 0.1) is 17.7 Å². The van der Waals surface area contributed by atoms with Gasteiger partial charge in [0.15, 0.2) is 5.69 Å². The topological polar surface area (TPSA) is 107 Å². The number of azo groups is 1. The summed E-state index contributed by atoms with van der Waals surface area (Å²) < 4.78 is 5.42. The van der Waals surface area contributed by atoms with Crippen molar-refractivity contribution in [1.29, 1.82) is 0 Å². The van der Waals surface area contributed by atoms with E-state index in [0.717, 1.165) is 0 Å². The van der Waals surface area contributed by atoms with Crippen LogP contribution in [-0.4, -0.2) is 27.7 Å². The second kappa shape index (κ2) is 6.41. The molecule has 0 unspecified atom stereocenters. The third-order valence-electron chi connectivity index (χ3n) is 3.41. The highest BCUT2D eigenvalue weighted by molar-refractivity contribution is 5.98. The van der Waals surface area contributed by atoms with E-state index in [4.69, 9.17) is 4.74 Å². The van der Waals surface area contributed by atoms with Crippen molar-refractivity contribution < 1.29 is 19.7 Å². The van der Waals surface area contributed by atoms with E-state index in [2.05, 4.69) is 15.2 Å². The number of hydrogen-bond donors (Lipinski definition) is 3. The van der Waals surface area contributed by atoms with E-state index in [1.165, 1.54) is 12.1 Å². The summed E-state index contributed by atoms with van der Waals surface area (Å²) >= 11 is 0. The van der Waals surface area contributed by atoms with Gasteiger partial charge in [0, 0.05) is 5.39 Å². The van der Waals surface area contributed by atoms with Gasteiger partial charge < -0.3 is 19.9 Å². The number of phenols is 1. The summed E-state index contributed by atoms with van der Waals surface area (Å²) in [5.74, 6) is -0.467. The number of amides is 1. The highest BCUT2D eigenvalue weighted by atomic mass is 16.5. The highest BCUT2D eigenvalue weighted by Crippen LogP contribution is 2.37. The molecule has 1 heterocycles. The number of fused-ring (bicyclic) bond motifs is 1. The van der Waals surface area contributed by atoms with Crippen LogP contribution in [0, 0.1) is 0 Å². The number of rotatable bonds is 4. The van der Waals surface area contributed by atoms with Crippen molar-refractivity contribution in [1.82, 2.24) is 4.98 Å². The van der Waals surface area contributed by atoms with Gasteiger partial charge in [-0.2, -0.15) is 0 Å². The molecule has 1 aromatic heterocycles. The summed E-state index contributed by atoms with van der Waals surface area (Å²) in [7, 11) is 0. The predicted octanol–water partition coefficient (Wildman–Crippen LogP) is 3.90. The average molecular weight is 325 g/mol. The minimum atomic E-state index is -0.706. The number of benzene rings is 2. The zero-order valence-corrected chi connectivity index (χ0v) is 12.9. The van der Waals surface area contributed by atoms with Crippen molar-refractivity contribution >= 4 is 22.5 Å². The summed E-state index contributed by atoms with van der Waals surface area (Å²) in [6, 6.07) is 11.2. The molecule has 0 saturated carbocycles. The van der Waals surface area contributed by atoms with Crippen LogP contribution < -0.4 is 4.74 Å². The van der Waals surface area contributed by atoms with Crippen LogP contribution >= 0.6 is 0 Å². The zero-order valence-electron chi connectivity index (χ0n) is 12.9. The number of aromatic amines is 1. The van der Waals surface area contributed by atoms with E-state index < -0.39 is 5.91 Å². The normalized spacial score (nSPS) is 11.2. The molecular formula is C17H15N3O4. The van der Waals surface area contributed by atoms with Crippen LogP contribution in [0.25, 0.3) is 10.9 Å². The second-order valence-electron chi connectivity index (χ2n) is 4.98. The smallest absolute Gasteiger partial charge is 0.299 e. The molecule has 3 aromatic rings. The first-order valence-corrected chi connectivity index (χ1v) is 7.31. The Balaban J connectivity index is 1.97. The van der Waals surface area contributed by atoms with Gasteiger partial charge in [-0.3, -0.25) is 4.79 Å². The summed E-state index contributed by atoms with van der Waals surface area (Å²) in [5.41, 5.74) is 0.811. The summed E-state index contributed by atoms with van der Waals surface area (Å²) in [6.45, 7) is 2.37. The molecule has 122 valence electrons. The fraction of sp³-hybridized carbons (Fsp3) is 0.118. The first-order chi connectivity index (χ1) is 11.6. The molecule has 7 heteroatoms. The molecule has 3 N–H and O–H groups in total. The molecule has 0 saturated heterocycles. The van der Waals surface area contributed by atoms with Gasteiger partial charge in [-0.05, 0) is 37.3 Å². The number of hydrogen-bond acceptors (Lipinski definition) is 5.